The van der Waals surface area contributed by atoms with Gasteiger partial charge in [-0.05, 0) is 37.3 Å². The predicted octanol–water partition coefficient (Wildman–Crippen LogP) is 2.03. The Labute approximate surface area is 154 Å². The van der Waals surface area contributed by atoms with Crippen molar-refractivity contribution >= 4 is 11.8 Å². The molecule has 2 rings (SSSR count). The molecule has 0 saturated carbocycles. The number of aryl methyl sites for hydroxylation is 1. The van der Waals surface area contributed by atoms with Crippen molar-refractivity contribution in [2.24, 2.45) is 11.7 Å². The zero-order valence-corrected chi connectivity index (χ0v) is 15.4. The van der Waals surface area contributed by atoms with Crippen molar-refractivity contribution in [3.05, 3.63) is 47.2 Å². The van der Waals surface area contributed by atoms with E-state index in [0.29, 0.717) is 25.9 Å². The quantitative estimate of drug-likeness (QED) is 0.603. The summed E-state index contributed by atoms with van der Waals surface area (Å²) in [5.41, 5.74) is 7.63. The van der Waals surface area contributed by atoms with Gasteiger partial charge in [-0.15, -0.1) is 0 Å². The Hall–Kier alpha value is -2.81. The predicted molar refractivity (Wildman–Crippen MR) is 99.6 cm³/mol. The van der Waals surface area contributed by atoms with Crippen LogP contribution >= 0.6 is 0 Å². The lowest BCUT2D eigenvalue weighted by Crippen LogP contribution is -2.37. The molecule has 0 aliphatic carbocycles. The normalized spacial score (nSPS) is 16.7. The number of primary amides is 1. The molecule has 1 fully saturated rings. The molecule has 1 aromatic carbocycles. The first kappa shape index (κ1) is 19.5. The summed E-state index contributed by atoms with van der Waals surface area (Å²) in [7, 11) is 0. The van der Waals surface area contributed by atoms with Crippen LogP contribution in [0.15, 0.2) is 36.0 Å². The molecule has 138 valence electrons. The molecule has 1 unspecified atom stereocenters. The van der Waals surface area contributed by atoms with Gasteiger partial charge in [0.05, 0.1) is 6.04 Å². The SMILES string of the molecule is CCc1ccc(C(C)NC(=O)/C(C#N)=C\N2CCC(C(N)=O)CC2)cc1. The van der Waals surface area contributed by atoms with Gasteiger partial charge in [0, 0.05) is 25.2 Å². The highest BCUT2D eigenvalue weighted by Gasteiger charge is 2.23. The highest BCUT2D eigenvalue weighted by atomic mass is 16.2. The van der Waals surface area contributed by atoms with Crippen LogP contribution in [0.3, 0.4) is 0 Å². The second-order valence-electron chi connectivity index (χ2n) is 6.66. The maximum atomic E-state index is 12.4. The number of benzene rings is 1. The van der Waals surface area contributed by atoms with Crippen LogP contribution in [0.2, 0.25) is 0 Å². The van der Waals surface area contributed by atoms with Crippen LogP contribution in [0.1, 0.15) is 43.9 Å². The summed E-state index contributed by atoms with van der Waals surface area (Å²) in [4.78, 5) is 25.5. The molecule has 6 heteroatoms. The fourth-order valence-corrected chi connectivity index (χ4v) is 3.03. The lowest BCUT2D eigenvalue weighted by molar-refractivity contribution is -0.123. The molecule has 1 aliphatic heterocycles. The van der Waals surface area contributed by atoms with E-state index in [1.165, 1.54) is 5.56 Å². The Morgan fingerprint density at radius 3 is 2.46 bits per heavy atom. The van der Waals surface area contributed by atoms with Crippen molar-refractivity contribution in [1.82, 2.24) is 10.2 Å². The number of rotatable bonds is 6. The Balaban J connectivity index is 1.97. The number of carbonyl (C=O) groups excluding carboxylic acids is 2. The summed E-state index contributed by atoms with van der Waals surface area (Å²) in [5.74, 6) is -0.795. The van der Waals surface area contributed by atoms with E-state index in [4.69, 9.17) is 5.73 Å². The minimum Gasteiger partial charge on any atom is -0.376 e. The average Bonchev–Trinajstić information content (AvgIpc) is 2.66. The second kappa shape index (κ2) is 9.04. The number of nitrogens with two attached hydrogens (primary N) is 1. The van der Waals surface area contributed by atoms with Crippen molar-refractivity contribution < 1.29 is 9.59 Å². The maximum absolute atomic E-state index is 12.4. The smallest absolute Gasteiger partial charge is 0.263 e. The molecule has 1 saturated heterocycles. The molecule has 26 heavy (non-hydrogen) atoms. The minimum atomic E-state index is -0.392. The minimum absolute atomic E-state index is 0.0690. The number of piperidine rings is 1. The highest BCUT2D eigenvalue weighted by Crippen LogP contribution is 2.18. The molecule has 2 amide bonds. The summed E-state index contributed by atoms with van der Waals surface area (Å²) >= 11 is 0. The molecule has 3 N–H and O–H groups in total. The van der Waals surface area contributed by atoms with Crippen molar-refractivity contribution in [1.29, 1.82) is 5.26 Å². The summed E-state index contributed by atoms with van der Waals surface area (Å²) in [6.07, 6.45) is 3.84. The first-order valence-electron chi connectivity index (χ1n) is 8.99. The number of hydrogen-bond donors (Lipinski definition) is 2. The summed E-state index contributed by atoms with van der Waals surface area (Å²) < 4.78 is 0. The van der Waals surface area contributed by atoms with Gasteiger partial charge >= 0.3 is 0 Å². The topological polar surface area (TPSA) is 99.2 Å². The summed E-state index contributed by atoms with van der Waals surface area (Å²) in [5, 5.41) is 12.2. The van der Waals surface area contributed by atoms with Crippen LogP contribution in [0.5, 0.6) is 0 Å². The van der Waals surface area contributed by atoms with E-state index >= 15 is 0 Å². The molecule has 0 spiro atoms. The number of nitrogens with zero attached hydrogens (tertiary/aromatic N) is 2. The molecular formula is C20H26N4O2. The number of carbonyl (C=O) groups is 2. The molecule has 6 nitrogen and oxygen atoms in total. The standard InChI is InChI=1S/C20H26N4O2/c1-3-15-4-6-16(7-5-15)14(2)23-20(26)18(12-21)13-24-10-8-17(9-11-24)19(22)25/h4-7,13-14,17H,3,8-11H2,1-2H3,(H2,22,25)(H,23,26)/b18-13-. The average molecular weight is 354 g/mol. The van der Waals surface area contributed by atoms with Crippen LogP contribution in [-0.2, 0) is 16.0 Å². The van der Waals surface area contributed by atoms with Crippen molar-refractivity contribution in [2.75, 3.05) is 13.1 Å². The molecule has 1 heterocycles. The van der Waals surface area contributed by atoms with Crippen LogP contribution in [0.4, 0.5) is 0 Å². The second-order valence-corrected chi connectivity index (χ2v) is 6.66. The van der Waals surface area contributed by atoms with Gasteiger partial charge in [-0.25, -0.2) is 0 Å². The number of nitriles is 1. The van der Waals surface area contributed by atoms with Gasteiger partial charge in [0.1, 0.15) is 11.6 Å². The van der Waals surface area contributed by atoms with Gasteiger partial charge < -0.3 is 16.0 Å². The van der Waals surface area contributed by atoms with E-state index in [2.05, 4.69) is 12.2 Å². The lowest BCUT2D eigenvalue weighted by Gasteiger charge is -2.29. The number of likely N-dealkylation sites (tertiary alicyclic amines) is 1. The third-order valence-electron chi connectivity index (χ3n) is 4.84. The lowest BCUT2D eigenvalue weighted by atomic mass is 9.96. The third-order valence-corrected chi connectivity index (χ3v) is 4.84. The van der Waals surface area contributed by atoms with Gasteiger partial charge in [-0.2, -0.15) is 5.26 Å². The van der Waals surface area contributed by atoms with Crippen LogP contribution in [0, 0.1) is 17.2 Å². The van der Waals surface area contributed by atoms with Crippen LogP contribution < -0.4 is 11.1 Å². The van der Waals surface area contributed by atoms with E-state index in [-0.39, 0.29) is 23.4 Å². The third kappa shape index (κ3) is 5.09. The molecular weight excluding hydrogens is 328 g/mol. The van der Waals surface area contributed by atoms with Crippen LogP contribution in [-0.4, -0.2) is 29.8 Å². The van der Waals surface area contributed by atoms with Crippen molar-refractivity contribution in [3.63, 3.8) is 0 Å². The van der Waals surface area contributed by atoms with Crippen molar-refractivity contribution in [2.45, 2.75) is 39.2 Å². The Kier molecular flexibility index (Phi) is 6.79. The fourth-order valence-electron chi connectivity index (χ4n) is 3.03. The molecule has 0 aromatic heterocycles. The van der Waals surface area contributed by atoms with E-state index in [1.54, 1.807) is 6.20 Å². The summed E-state index contributed by atoms with van der Waals surface area (Å²) in [6, 6.07) is 9.86. The maximum Gasteiger partial charge on any atom is 0.263 e. The van der Waals surface area contributed by atoms with Gasteiger partial charge in [-0.3, -0.25) is 9.59 Å². The van der Waals surface area contributed by atoms with Gasteiger partial charge in [0.25, 0.3) is 5.91 Å². The molecule has 1 aliphatic rings. The number of amides is 2. The Bertz CT molecular complexity index is 710. The highest BCUT2D eigenvalue weighted by molar-refractivity contribution is 5.97. The first-order valence-corrected chi connectivity index (χ1v) is 8.99. The largest absolute Gasteiger partial charge is 0.376 e. The zero-order chi connectivity index (χ0) is 19.1. The number of hydrogen-bond acceptors (Lipinski definition) is 4. The first-order chi connectivity index (χ1) is 12.4. The van der Waals surface area contributed by atoms with Gasteiger partial charge in [-0.1, -0.05) is 31.2 Å². The number of nitrogens with one attached hydrogen (secondary N) is 1. The summed E-state index contributed by atoms with van der Waals surface area (Å²) in [6.45, 7) is 5.21. The van der Waals surface area contributed by atoms with E-state index in [9.17, 15) is 14.9 Å². The molecule has 1 atom stereocenters. The Morgan fingerprint density at radius 1 is 1.35 bits per heavy atom. The van der Waals surface area contributed by atoms with Crippen LogP contribution in [0.25, 0.3) is 0 Å². The van der Waals surface area contributed by atoms with E-state index < -0.39 is 5.91 Å². The van der Waals surface area contributed by atoms with E-state index in [0.717, 1.165) is 12.0 Å². The van der Waals surface area contributed by atoms with Gasteiger partial charge in [0.15, 0.2) is 0 Å². The Morgan fingerprint density at radius 2 is 1.96 bits per heavy atom. The molecule has 1 aromatic rings. The van der Waals surface area contributed by atoms with Gasteiger partial charge in [0.2, 0.25) is 5.91 Å². The molecule has 0 radical (unpaired) electrons. The fraction of sp³-hybridized carbons (Fsp3) is 0.450. The van der Waals surface area contributed by atoms with Crippen molar-refractivity contribution in [3.8, 4) is 6.07 Å². The van der Waals surface area contributed by atoms with E-state index in [1.807, 2.05) is 42.2 Å². The molecule has 0 bridgehead atoms. The monoisotopic (exact) mass is 354 g/mol. The zero-order valence-electron chi connectivity index (χ0n) is 15.4.